The Hall–Kier alpha value is -1.62. The van der Waals surface area contributed by atoms with Crippen LogP contribution in [0.2, 0.25) is 0 Å². The van der Waals surface area contributed by atoms with Crippen LogP contribution in [0.25, 0.3) is 0 Å². The summed E-state index contributed by atoms with van der Waals surface area (Å²) in [5.74, 6) is -0.883. The molecule has 1 aromatic carbocycles. The second-order valence-electron chi connectivity index (χ2n) is 5.13. The van der Waals surface area contributed by atoms with E-state index in [0.29, 0.717) is 11.3 Å². The van der Waals surface area contributed by atoms with Gasteiger partial charge in [-0.3, -0.25) is 4.79 Å². The number of carbonyl (C=O) groups is 1. The van der Waals surface area contributed by atoms with Crippen LogP contribution < -0.4 is 11.1 Å². The maximum absolute atomic E-state index is 13.7. The molecule has 1 unspecified atom stereocenters. The van der Waals surface area contributed by atoms with Crippen molar-refractivity contribution >= 4 is 11.6 Å². The molecule has 2 rings (SSSR count). The number of hydrogen-bond donors (Lipinski definition) is 2. The molecule has 0 radical (unpaired) electrons. The number of nitrogens with one attached hydrogen (secondary N) is 1. The molecule has 0 bridgehead atoms. The lowest BCUT2D eigenvalue weighted by Gasteiger charge is -2.18. The van der Waals surface area contributed by atoms with E-state index < -0.39 is 5.91 Å². The van der Waals surface area contributed by atoms with Gasteiger partial charge in [0.05, 0.1) is 5.69 Å². The lowest BCUT2D eigenvalue weighted by Crippen LogP contribution is -2.23. The summed E-state index contributed by atoms with van der Waals surface area (Å²) >= 11 is 0. The van der Waals surface area contributed by atoms with Crippen LogP contribution in [0.3, 0.4) is 0 Å². The number of rotatable bonds is 3. The van der Waals surface area contributed by atoms with Crippen molar-refractivity contribution in [1.29, 1.82) is 0 Å². The summed E-state index contributed by atoms with van der Waals surface area (Å²) in [5, 5.41) is 3.20. The van der Waals surface area contributed by atoms with E-state index in [1.54, 1.807) is 0 Å². The average molecular weight is 265 g/mol. The molecule has 1 amide bonds. The molecule has 1 fully saturated rings. The molecule has 1 heterocycles. The summed E-state index contributed by atoms with van der Waals surface area (Å²) in [6.45, 7) is 2.07. The van der Waals surface area contributed by atoms with Crippen molar-refractivity contribution in [2.75, 3.05) is 25.5 Å². The fourth-order valence-electron chi connectivity index (χ4n) is 2.39. The SMILES string of the molecule is CN1CCCC(Nc2cc(C(N)=O)ccc2F)CC1. The van der Waals surface area contributed by atoms with Gasteiger partial charge in [0.2, 0.25) is 5.91 Å². The average Bonchev–Trinajstić information content (AvgIpc) is 2.57. The first kappa shape index (κ1) is 13.8. The minimum absolute atomic E-state index is 0.238. The van der Waals surface area contributed by atoms with E-state index in [-0.39, 0.29) is 11.9 Å². The smallest absolute Gasteiger partial charge is 0.248 e. The third-order valence-corrected chi connectivity index (χ3v) is 3.56. The summed E-state index contributed by atoms with van der Waals surface area (Å²) in [7, 11) is 2.09. The van der Waals surface area contributed by atoms with Crippen molar-refractivity contribution in [1.82, 2.24) is 4.90 Å². The van der Waals surface area contributed by atoms with Gasteiger partial charge in [0.1, 0.15) is 5.82 Å². The zero-order valence-corrected chi connectivity index (χ0v) is 11.2. The maximum Gasteiger partial charge on any atom is 0.248 e. The molecule has 3 N–H and O–H groups in total. The largest absolute Gasteiger partial charge is 0.380 e. The Kier molecular flexibility index (Phi) is 4.37. The molecular weight excluding hydrogens is 245 g/mol. The molecule has 1 atom stereocenters. The van der Waals surface area contributed by atoms with E-state index in [2.05, 4.69) is 17.3 Å². The minimum Gasteiger partial charge on any atom is -0.380 e. The summed E-state index contributed by atoms with van der Waals surface area (Å²) in [4.78, 5) is 13.4. The Morgan fingerprint density at radius 1 is 1.42 bits per heavy atom. The van der Waals surface area contributed by atoms with E-state index in [1.807, 2.05) is 0 Å². The number of hydrogen-bond acceptors (Lipinski definition) is 3. The van der Waals surface area contributed by atoms with Gasteiger partial charge in [-0.25, -0.2) is 4.39 Å². The van der Waals surface area contributed by atoms with Crippen molar-refractivity contribution in [3.05, 3.63) is 29.6 Å². The number of nitrogens with zero attached hydrogens (tertiary/aromatic N) is 1. The van der Waals surface area contributed by atoms with Crippen LogP contribution in [0, 0.1) is 5.82 Å². The Labute approximate surface area is 112 Å². The van der Waals surface area contributed by atoms with Crippen LogP contribution >= 0.6 is 0 Å². The number of halogens is 1. The quantitative estimate of drug-likeness (QED) is 0.876. The number of anilines is 1. The highest BCUT2D eigenvalue weighted by molar-refractivity contribution is 5.93. The van der Waals surface area contributed by atoms with Gasteiger partial charge in [0, 0.05) is 11.6 Å². The molecule has 19 heavy (non-hydrogen) atoms. The lowest BCUT2D eigenvalue weighted by molar-refractivity contribution is 0.100. The van der Waals surface area contributed by atoms with Gasteiger partial charge in [0.15, 0.2) is 0 Å². The number of benzene rings is 1. The zero-order valence-electron chi connectivity index (χ0n) is 11.2. The van der Waals surface area contributed by atoms with Crippen molar-refractivity contribution in [3.8, 4) is 0 Å². The van der Waals surface area contributed by atoms with E-state index in [9.17, 15) is 9.18 Å². The molecule has 0 aromatic heterocycles. The summed E-state index contributed by atoms with van der Waals surface area (Å²) in [5.41, 5.74) is 5.91. The van der Waals surface area contributed by atoms with Crippen molar-refractivity contribution < 1.29 is 9.18 Å². The molecule has 0 aliphatic carbocycles. The molecule has 1 aliphatic heterocycles. The Bertz CT molecular complexity index is 464. The second kappa shape index (κ2) is 6.02. The highest BCUT2D eigenvalue weighted by atomic mass is 19.1. The predicted octanol–water partition coefficient (Wildman–Crippen LogP) is 1.82. The standard InChI is InChI=1S/C14H20FN3O/c1-18-7-2-3-11(6-8-18)17-13-9-10(14(16)19)4-5-12(13)15/h4-5,9,11,17H,2-3,6-8H2,1H3,(H2,16,19). The molecule has 0 spiro atoms. The molecule has 4 nitrogen and oxygen atoms in total. The molecule has 1 aromatic rings. The summed E-state index contributed by atoms with van der Waals surface area (Å²) in [6, 6.07) is 4.42. The van der Waals surface area contributed by atoms with E-state index in [4.69, 9.17) is 5.73 Å². The van der Waals surface area contributed by atoms with Crippen molar-refractivity contribution in [2.24, 2.45) is 5.73 Å². The van der Waals surface area contributed by atoms with Crippen LogP contribution in [0.1, 0.15) is 29.6 Å². The number of carbonyl (C=O) groups excluding carboxylic acids is 1. The number of amides is 1. The molecule has 0 saturated carbocycles. The summed E-state index contributed by atoms with van der Waals surface area (Å²) in [6.07, 6.45) is 3.06. The molecular formula is C14H20FN3O. The van der Waals surface area contributed by atoms with Crippen LogP contribution in [0.5, 0.6) is 0 Å². The third-order valence-electron chi connectivity index (χ3n) is 3.56. The van der Waals surface area contributed by atoms with Gasteiger partial charge < -0.3 is 16.0 Å². The van der Waals surface area contributed by atoms with Crippen LogP contribution in [0.4, 0.5) is 10.1 Å². The fourth-order valence-corrected chi connectivity index (χ4v) is 2.39. The number of likely N-dealkylation sites (tertiary alicyclic amines) is 1. The predicted molar refractivity (Wildman–Crippen MR) is 73.7 cm³/mol. The minimum atomic E-state index is -0.538. The Morgan fingerprint density at radius 3 is 2.95 bits per heavy atom. The zero-order chi connectivity index (χ0) is 13.8. The second-order valence-corrected chi connectivity index (χ2v) is 5.13. The normalized spacial score (nSPS) is 20.8. The van der Waals surface area contributed by atoms with Gasteiger partial charge in [-0.2, -0.15) is 0 Å². The summed E-state index contributed by atoms with van der Waals surface area (Å²) < 4.78 is 13.7. The van der Waals surface area contributed by atoms with Crippen LogP contribution in [-0.2, 0) is 0 Å². The molecule has 1 aliphatic rings. The third kappa shape index (κ3) is 3.67. The molecule has 104 valence electrons. The van der Waals surface area contributed by atoms with Crippen molar-refractivity contribution in [3.63, 3.8) is 0 Å². The first-order valence-corrected chi connectivity index (χ1v) is 6.60. The first-order chi connectivity index (χ1) is 9.06. The monoisotopic (exact) mass is 265 g/mol. The van der Waals surface area contributed by atoms with Crippen LogP contribution in [-0.4, -0.2) is 37.0 Å². The lowest BCUT2D eigenvalue weighted by atomic mass is 10.1. The van der Waals surface area contributed by atoms with Gasteiger partial charge >= 0.3 is 0 Å². The van der Waals surface area contributed by atoms with Gasteiger partial charge in [0.25, 0.3) is 0 Å². The van der Waals surface area contributed by atoms with Gasteiger partial charge in [-0.05, 0) is 57.6 Å². The first-order valence-electron chi connectivity index (χ1n) is 6.60. The fraction of sp³-hybridized carbons (Fsp3) is 0.500. The van der Waals surface area contributed by atoms with Gasteiger partial charge in [-0.1, -0.05) is 0 Å². The number of primary amides is 1. The molecule has 5 heteroatoms. The highest BCUT2D eigenvalue weighted by Gasteiger charge is 2.16. The topological polar surface area (TPSA) is 58.4 Å². The Morgan fingerprint density at radius 2 is 2.21 bits per heavy atom. The van der Waals surface area contributed by atoms with Crippen LogP contribution in [0.15, 0.2) is 18.2 Å². The van der Waals surface area contributed by atoms with Crippen molar-refractivity contribution in [2.45, 2.75) is 25.3 Å². The maximum atomic E-state index is 13.7. The number of nitrogens with two attached hydrogens (primary N) is 1. The molecule has 1 saturated heterocycles. The van der Waals surface area contributed by atoms with E-state index in [0.717, 1.165) is 32.4 Å². The Balaban J connectivity index is 2.09. The van der Waals surface area contributed by atoms with Gasteiger partial charge in [-0.15, -0.1) is 0 Å². The van der Waals surface area contributed by atoms with E-state index >= 15 is 0 Å². The highest BCUT2D eigenvalue weighted by Crippen LogP contribution is 2.20. The van der Waals surface area contributed by atoms with E-state index in [1.165, 1.54) is 18.2 Å².